The summed E-state index contributed by atoms with van der Waals surface area (Å²) in [6.45, 7) is 6.36. The predicted molar refractivity (Wildman–Crippen MR) is 109 cm³/mol. The molecule has 1 aromatic heterocycles. The molecular weight excluding hydrogens is 396 g/mol. The van der Waals surface area contributed by atoms with E-state index in [-0.39, 0.29) is 29.9 Å². The summed E-state index contributed by atoms with van der Waals surface area (Å²) in [4.78, 5) is 12.3. The van der Waals surface area contributed by atoms with Crippen LogP contribution < -0.4 is 5.32 Å². The van der Waals surface area contributed by atoms with Crippen molar-refractivity contribution in [2.24, 2.45) is 0 Å². The molecule has 3 aromatic rings. The van der Waals surface area contributed by atoms with Crippen molar-refractivity contribution in [1.82, 2.24) is 15.1 Å². The molecule has 7 heteroatoms. The molecule has 2 aromatic carbocycles. The van der Waals surface area contributed by atoms with Crippen LogP contribution >= 0.6 is 11.6 Å². The molecule has 0 atom stereocenters. The Morgan fingerprint density at radius 2 is 1.90 bits per heavy atom. The Hall–Kier alpha value is -2.73. The summed E-state index contributed by atoms with van der Waals surface area (Å²) >= 11 is 6.11. The monoisotopic (exact) mass is 417 g/mol. The second-order valence-electron chi connectivity index (χ2n) is 7.85. The van der Waals surface area contributed by atoms with Gasteiger partial charge in [-0.3, -0.25) is 4.79 Å². The summed E-state index contributed by atoms with van der Waals surface area (Å²) in [5.74, 6) is -1.78. The number of nitrogens with one attached hydrogen (secondary N) is 1. The number of aromatic nitrogens is 2. The van der Waals surface area contributed by atoms with Gasteiger partial charge in [0.05, 0.1) is 30.0 Å². The van der Waals surface area contributed by atoms with Gasteiger partial charge in [-0.15, -0.1) is 0 Å². The number of benzene rings is 2. The number of nitrogens with zero attached hydrogens (tertiary/aromatic N) is 2. The molecule has 0 radical (unpaired) electrons. The summed E-state index contributed by atoms with van der Waals surface area (Å²) in [5.41, 5.74) is 2.38. The Bertz CT molecular complexity index is 1040. The molecule has 0 saturated heterocycles. The van der Waals surface area contributed by atoms with Crippen molar-refractivity contribution in [3.05, 3.63) is 82.1 Å². The van der Waals surface area contributed by atoms with Crippen LogP contribution in [-0.4, -0.2) is 15.7 Å². The number of carbonyl (C=O) groups is 1. The van der Waals surface area contributed by atoms with E-state index in [2.05, 4.69) is 31.2 Å². The largest absolute Gasteiger partial charge is 0.350 e. The minimum atomic E-state index is -0.737. The van der Waals surface area contributed by atoms with Gasteiger partial charge < -0.3 is 5.32 Å². The Labute approximate surface area is 173 Å². The van der Waals surface area contributed by atoms with Gasteiger partial charge in [-0.2, -0.15) is 5.10 Å². The fourth-order valence-electron chi connectivity index (χ4n) is 2.83. The quantitative estimate of drug-likeness (QED) is 0.637. The molecule has 152 valence electrons. The lowest BCUT2D eigenvalue weighted by atomic mass is 9.92. The first-order chi connectivity index (χ1) is 13.6. The van der Waals surface area contributed by atoms with E-state index < -0.39 is 11.6 Å². The maximum absolute atomic E-state index is 13.8. The van der Waals surface area contributed by atoms with Crippen molar-refractivity contribution < 1.29 is 13.6 Å². The molecule has 0 fully saturated rings. The lowest BCUT2D eigenvalue weighted by Crippen LogP contribution is -2.26. The van der Waals surface area contributed by atoms with Crippen molar-refractivity contribution in [2.45, 2.75) is 39.2 Å². The van der Waals surface area contributed by atoms with E-state index in [4.69, 9.17) is 11.6 Å². The molecule has 3 rings (SSSR count). The zero-order chi connectivity index (χ0) is 21.2. The summed E-state index contributed by atoms with van der Waals surface area (Å²) in [6.07, 6.45) is -0.177. The molecule has 0 aliphatic carbocycles. The van der Waals surface area contributed by atoms with Gasteiger partial charge in [-0.1, -0.05) is 44.5 Å². The van der Waals surface area contributed by atoms with E-state index in [1.807, 2.05) is 18.2 Å². The molecule has 0 saturated carbocycles. The third kappa shape index (κ3) is 5.21. The molecule has 0 bridgehead atoms. The Balaban J connectivity index is 1.80. The summed E-state index contributed by atoms with van der Waals surface area (Å²) < 4.78 is 28.6. The molecule has 0 spiro atoms. The topological polar surface area (TPSA) is 46.9 Å². The number of hydrogen-bond acceptors (Lipinski definition) is 2. The van der Waals surface area contributed by atoms with Gasteiger partial charge in [-0.25, -0.2) is 13.5 Å². The summed E-state index contributed by atoms with van der Waals surface area (Å²) in [5, 5.41) is 8.05. The van der Waals surface area contributed by atoms with Gasteiger partial charge in [0, 0.05) is 16.5 Å². The van der Waals surface area contributed by atoms with E-state index in [0.717, 1.165) is 29.2 Å². The highest BCUT2D eigenvalue weighted by molar-refractivity contribution is 6.30. The van der Waals surface area contributed by atoms with Gasteiger partial charge in [0.25, 0.3) is 0 Å². The lowest BCUT2D eigenvalue weighted by molar-refractivity contribution is -0.120. The number of rotatable bonds is 5. The highest BCUT2D eigenvalue weighted by Gasteiger charge is 2.21. The molecule has 1 N–H and O–H groups in total. The van der Waals surface area contributed by atoms with Crippen LogP contribution in [0.1, 0.15) is 37.7 Å². The lowest BCUT2D eigenvalue weighted by Gasteiger charge is -2.14. The minimum absolute atomic E-state index is 0.141. The molecule has 4 nitrogen and oxygen atoms in total. The maximum atomic E-state index is 13.8. The van der Waals surface area contributed by atoms with Gasteiger partial charge in [0.1, 0.15) is 11.6 Å². The number of amides is 1. The molecular formula is C22H22ClF2N3O. The predicted octanol–water partition coefficient (Wildman–Crippen LogP) is 4.96. The first kappa shape index (κ1) is 21.0. The van der Waals surface area contributed by atoms with E-state index >= 15 is 0 Å². The molecule has 1 heterocycles. The third-order valence-corrected chi connectivity index (χ3v) is 4.67. The van der Waals surface area contributed by atoms with Crippen LogP contribution in [0.15, 0.2) is 48.5 Å². The zero-order valence-electron chi connectivity index (χ0n) is 16.5. The van der Waals surface area contributed by atoms with Crippen molar-refractivity contribution in [2.75, 3.05) is 0 Å². The van der Waals surface area contributed by atoms with Crippen LogP contribution in [0, 0.1) is 11.6 Å². The number of halogens is 3. The fourth-order valence-corrected chi connectivity index (χ4v) is 3.02. The van der Waals surface area contributed by atoms with Crippen LogP contribution in [0.25, 0.3) is 5.69 Å². The smallest absolute Gasteiger partial charge is 0.224 e. The van der Waals surface area contributed by atoms with Crippen LogP contribution in [0.5, 0.6) is 0 Å². The first-order valence-corrected chi connectivity index (χ1v) is 9.57. The molecule has 0 unspecified atom stereocenters. The van der Waals surface area contributed by atoms with E-state index in [9.17, 15) is 13.6 Å². The molecule has 0 aliphatic heterocycles. The van der Waals surface area contributed by atoms with E-state index in [1.54, 1.807) is 16.8 Å². The van der Waals surface area contributed by atoms with Crippen LogP contribution in [0.2, 0.25) is 5.02 Å². The average molecular weight is 418 g/mol. The number of carbonyl (C=O) groups excluding carboxylic acids is 1. The summed E-state index contributed by atoms with van der Waals surface area (Å²) in [6, 6.07) is 12.4. The second-order valence-corrected chi connectivity index (χ2v) is 8.29. The molecule has 1 amide bonds. The number of hydrogen-bond donors (Lipinski definition) is 1. The fraction of sp³-hybridized carbons (Fsp3) is 0.273. The normalized spacial score (nSPS) is 11.5. The van der Waals surface area contributed by atoms with Gasteiger partial charge in [0.2, 0.25) is 5.91 Å². The highest BCUT2D eigenvalue weighted by Crippen LogP contribution is 2.24. The Morgan fingerprint density at radius 3 is 2.55 bits per heavy atom. The van der Waals surface area contributed by atoms with Gasteiger partial charge in [0.15, 0.2) is 0 Å². The first-order valence-electron chi connectivity index (χ1n) is 9.19. The standard InChI is InChI=1S/C22H22ClF2N3O/c1-22(2,3)20-12-18(28(27-20)17-6-4-5-15(23)10-17)13-26-21(29)9-14-7-8-16(24)11-19(14)25/h4-8,10-12H,9,13H2,1-3H3,(H,26,29). The van der Waals surface area contributed by atoms with Crippen molar-refractivity contribution in [3.8, 4) is 5.69 Å². The summed E-state index contributed by atoms with van der Waals surface area (Å²) in [7, 11) is 0. The van der Waals surface area contributed by atoms with E-state index in [0.29, 0.717) is 5.02 Å². The van der Waals surface area contributed by atoms with Crippen LogP contribution in [0.3, 0.4) is 0 Å². The van der Waals surface area contributed by atoms with Crippen molar-refractivity contribution in [1.29, 1.82) is 0 Å². The third-order valence-electron chi connectivity index (χ3n) is 4.44. The average Bonchev–Trinajstić information content (AvgIpc) is 3.07. The zero-order valence-corrected chi connectivity index (χ0v) is 17.2. The van der Waals surface area contributed by atoms with Gasteiger partial charge >= 0.3 is 0 Å². The molecule has 0 aliphatic rings. The minimum Gasteiger partial charge on any atom is -0.350 e. The van der Waals surface area contributed by atoms with Crippen molar-refractivity contribution in [3.63, 3.8) is 0 Å². The highest BCUT2D eigenvalue weighted by atomic mass is 35.5. The SMILES string of the molecule is CC(C)(C)c1cc(CNC(=O)Cc2ccc(F)cc2F)n(-c2cccc(Cl)c2)n1. The molecule has 29 heavy (non-hydrogen) atoms. The van der Waals surface area contributed by atoms with Crippen molar-refractivity contribution >= 4 is 17.5 Å². The maximum Gasteiger partial charge on any atom is 0.224 e. The van der Waals surface area contributed by atoms with Crippen LogP contribution in [0.4, 0.5) is 8.78 Å². The Kier molecular flexibility index (Phi) is 6.03. The second kappa shape index (κ2) is 8.33. The Morgan fingerprint density at radius 1 is 1.14 bits per heavy atom. The van der Waals surface area contributed by atoms with Crippen LogP contribution in [-0.2, 0) is 23.2 Å². The van der Waals surface area contributed by atoms with Gasteiger partial charge in [-0.05, 0) is 35.9 Å². The van der Waals surface area contributed by atoms with E-state index in [1.165, 1.54) is 6.07 Å².